The molecule has 0 saturated carbocycles. The highest BCUT2D eigenvalue weighted by molar-refractivity contribution is 6.09. The molecule has 0 amide bonds. The van der Waals surface area contributed by atoms with Crippen molar-refractivity contribution in [1.29, 1.82) is 0 Å². The van der Waals surface area contributed by atoms with Crippen LogP contribution in [0.15, 0.2) is 198 Å². The highest BCUT2D eigenvalue weighted by Gasteiger charge is 2.17. The maximum Gasteiger partial charge on any atom is 0.164 e. The Kier molecular flexibility index (Phi) is 4.22. The van der Waals surface area contributed by atoms with Gasteiger partial charge in [0.05, 0.1) is 37.1 Å². The number of rotatable bonds is 6. The quantitative estimate of drug-likeness (QED) is 0.171. The van der Waals surface area contributed by atoms with Gasteiger partial charge in [-0.3, -0.25) is 0 Å². The van der Waals surface area contributed by atoms with Gasteiger partial charge in [0, 0.05) is 43.9 Å². The van der Waals surface area contributed by atoms with E-state index >= 15 is 0 Å². The monoisotopic (exact) mass is 735 g/mol. The van der Waals surface area contributed by atoms with Crippen molar-refractivity contribution in [2.24, 2.45) is 0 Å². The molecule has 0 aliphatic carbocycles. The molecule has 3 aromatic heterocycles. The zero-order valence-corrected chi connectivity index (χ0v) is 28.7. The van der Waals surface area contributed by atoms with E-state index in [-0.39, 0.29) is 38.5 Å². The van der Waals surface area contributed by atoms with Crippen LogP contribution in [0, 0.1) is 0 Å². The Bertz CT molecular complexity index is 4270. The molecule has 0 unspecified atom stereocenters. The number of hydrogen-bond donors (Lipinski definition) is 0. The van der Waals surface area contributed by atoms with Crippen molar-refractivity contribution in [3.63, 3.8) is 0 Å². The van der Waals surface area contributed by atoms with E-state index in [1.54, 1.807) is 24.3 Å². The highest BCUT2D eigenvalue weighted by atomic mass is 16.3. The van der Waals surface area contributed by atoms with Crippen LogP contribution in [0.4, 0.5) is 0 Å². The zero-order chi connectivity index (χ0) is 53.5. The van der Waals surface area contributed by atoms with Crippen LogP contribution in [0.2, 0.25) is 0 Å². The molecule has 262 valence electrons. The molecule has 0 aliphatic rings. The fourth-order valence-electron chi connectivity index (χ4n) is 6.66. The molecule has 0 N–H and O–H groups in total. The smallest absolute Gasteiger partial charge is 0.164 e. The predicted molar refractivity (Wildman–Crippen MR) is 229 cm³/mol. The maximum atomic E-state index is 9.83. The number of para-hydroxylation sites is 3. The van der Waals surface area contributed by atoms with Crippen LogP contribution in [-0.2, 0) is 0 Å². The van der Waals surface area contributed by atoms with Crippen LogP contribution in [0.1, 0.15) is 26.0 Å². The van der Waals surface area contributed by atoms with Gasteiger partial charge in [-0.15, -0.1) is 0 Å². The Hall–Kier alpha value is -7.63. The van der Waals surface area contributed by atoms with Crippen LogP contribution < -0.4 is 0 Å². The molecule has 0 atom stereocenters. The summed E-state index contributed by atoms with van der Waals surface area (Å²) >= 11 is 0. The number of furan rings is 1. The summed E-state index contributed by atoms with van der Waals surface area (Å²) in [5, 5.41) is -1.22. The third-order valence-corrected chi connectivity index (χ3v) is 9.28. The van der Waals surface area contributed by atoms with Gasteiger partial charge in [0.15, 0.2) is 17.5 Å². The van der Waals surface area contributed by atoms with Gasteiger partial charge in [-0.1, -0.05) is 145 Å². The van der Waals surface area contributed by atoms with Crippen molar-refractivity contribution in [3.8, 4) is 62.1 Å². The normalized spacial score (nSPS) is 16.3. The molecular weight excluding hydrogens is 685 g/mol. The summed E-state index contributed by atoms with van der Waals surface area (Å²) in [6.07, 6.45) is 0. The van der Waals surface area contributed by atoms with Gasteiger partial charge in [-0.25, -0.2) is 15.0 Å². The summed E-state index contributed by atoms with van der Waals surface area (Å²) in [4.78, 5) is 13.9. The van der Waals surface area contributed by atoms with Gasteiger partial charge in [0.2, 0.25) is 0 Å². The van der Waals surface area contributed by atoms with Gasteiger partial charge in [0.1, 0.15) is 11.2 Å². The molecule has 0 aliphatic heterocycles. The average Bonchev–Trinajstić information content (AvgIpc) is 4.00. The SMILES string of the molecule is [2H]c1c([2H])c(-c2nc(-c3ccc(-c4cccc(-c5ccccc5)c4)cc3)nc(-c3c([2H])c([2H])c4c(oc5c([2H])c([2H])c([2H])c([2H])c54)c3[2H])n2)c([2H])c(-n2c3c([2H])c([2H])c([2H])c([2H])c3c3c([2H])c([2H])c([2H])c([2H])c32)c1[2H]. The second-order valence-corrected chi connectivity index (χ2v) is 12.6. The molecule has 11 aromatic rings. The average molecular weight is 736 g/mol. The standard InChI is InChI=1S/C51H32N4O/c1-2-12-33(13-3-1)36-14-10-15-37(30-36)34-24-26-35(27-25-34)49-52-50(54-51(53-49)39-28-29-44-43-20-6-9-23-47(43)56-48(44)32-39)38-16-11-17-40(31-38)55-45-21-7-4-18-41(45)42-19-5-8-22-46(42)55/h1-32H/i4D,5D,6D,7D,8D,9D,11D,16D,17D,18D,19D,20D,21D,22D,23D,28D,29D,31D,32D. The minimum Gasteiger partial charge on any atom is -0.456 e. The number of fused-ring (bicyclic) bond motifs is 6. The Morgan fingerprint density at radius 2 is 0.946 bits per heavy atom. The second kappa shape index (κ2) is 13.0. The Labute approximate surface area is 349 Å². The minimum absolute atomic E-state index is 0.184. The topological polar surface area (TPSA) is 56.7 Å². The van der Waals surface area contributed by atoms with Gasteiger partial charge in [0.25, 0.3) is 0 Å². The highest BCUT2D eigenvalue weighted by Crippen LogP contribution is 2.36. The van der Waals surface area contributed by atoms with E-state index in [2.05, 4.69) is 15.0 Å². The Morgan fingerprint density at radius 1 is 0.393 bits per heavy atom. The van der Waals surface area contributed by atoms with Crippen LogP contribution in [0.3, 0.4) is 0 Å². The fraction of sp³-hybridized carbons (Fsp3) is 0. The van der Waals surface area contributed by atoms with E-state index in [4.69, 9.17) is 22.2 Å². The summed E-state index contributed by atoms with van der Waals surface area (Å²) in [5.41, 5.74) is 0.483. The summed E-state index contributed by atoms with van der Waals surface area (Å²) in [5.74, 6) is -1.24. The molecule has 0 fully saturated rings. The molecule has 0 saturated heterocycles. The molecular formula is C51H32N4O. The number of aromatic nitrogens is 4. The summed E-state index contributed by atoms with van der Waals surface area (Å²) < 4.78 is 176. The van der Waals surface area contributed by atoms with Gasteiger partial charge >= 0.3 is 0 Å². The molecule has 56 heavy (non-hydrogen) atoms. The summed E-state index contributed by atoms with van der Waals surface area (Å²) in [7, 11) is 0. The van der Waals surface area contributed by atoms with E-state index in [0.717, 1.165) is 26.8 Å². The molecule has 8 aromatic carbocycles. The van der Waals surface area contributed by atoms with E-state index in [1.165, 1.54) is 0 Å². The summed E-state index contributed by atoms with van der Waals surface area (Å²) in [6, 6.07) is 10.9. The molecule has 3 heterocycles. The molecule has 0 radical (unpaired) electrons. The summed E-state index contributed by atoms with van der Waals surface area (Å²) in [6.45, 7) is 0. The van der Waals surface area contributed by atoms with Crippen LogP contribution in [0.5, 0.6) is 0 Å². The predicted octanol–water partition coefficient (Wildman–Crippen LogP) is 13.2. The third-order valence-electron chi connectivity index (χ3n) is 9.28. The van der Waals surface area contributed by atoms with Crippen molar-refractivity contribution in [2.45, 2.75) is 0 Å². The first-order valence-electron chi connectivity index (χ1n) is 26.7. The lowest BCUT2D eigenvalue weighted by Gasteiger charge is -2.12. The lowest BCUT2D eigenvalue weighted by molar-refractivity contribution is 0.669. The van der Waals surface area contributed by atoms with E-state index in [9.17, 15) is 8.22 Å². The van der Waals surface area contributed by atoms with E-state index < -0.39 is 160 Å². The van der Waals surface area contributed by atoms with Crippen molar-refractivity contribution in [3.05, 3.63) is 194 Å². The van der Waals surface area contributed by atoms with Crippen LogP contribution in [0.25, 0.3) is 106 Å². The number of nitrogens with zero attached hydrogens (tertiary/aromatic N) is 4. The van der Waals surface area contributed by atoms with E-state index in [1.807, 2.05) is 54.6 Å². The number of hydrogen-bond acceptors (Lipinski definition) is 4. The first-order valence-corrected chi connectivity index (χ1v) is 17.2. The van der Waals surface area contributed by atoms with Crippen molar-refractivity contribution in [2.75, 3.05) is 0 Å². The molecule has 0 bridgehead atoms. The molecule has 0 spiro atoms. The van der Waals surface area contributed by atoms with Crippen LogP contribution in [-0.4, -0.2) is 19.5 Å². The lowest BCUT2D eigenvalue weighted by Crippen LogP contribution is -2.01. The fourth-order valence-corrected chi connectivity index (χ4v) is 6.66. The molecule has 11 rings (SSSR count). The van der Waals surface area contributed by atoms with Crippen molar-refractivity contribution < 1.29 is 30.5 Å². The first-order chi connectivity index (χ1) is 35.7. The van der Waals surface area contributed by atoms with Crippen molar-refractivity contribution in [1.82, 2.24) is 19.5 Å². The van der Waals surface area contributed by atoms with Gasteiger partial charge in [-0.05, 0) is 70.6 Å². The van der Waals surface area contributed by atoms with Gasteiger partial charge < -0.3 is 8.98 Å². The molecule has 5 nitrogen and oxygen atoms in total. The first kappa shape index (κ1) is 18.1. The zero-order valence-electron chi connectivity index (χ0n) is 47.7. The largest absolute Gasteiger partial charge is 0.456 e. The van der Waals surface area contributed by atoms with Crippen molar-refractivity contribution >= 4 is 43.7 Å². The van der Waals surface area contributed by atoms with E-state index in [0.29, 0.717) is 0 Å². The minimum atomic E-state index is -0.863. The van der Waals surface area contributed by atoms with Crippen LogP contribution >= 0.6 is 0 Å². The number of benzene rings is 8. The molecule has 5 heteroatoms. The Morgan fingerprint density at radius 3 is 1.66 bits per heavy atom. The maximum absolute atomic E-state index is 9.83. The third kappa shape index (κ3) is 5.45. The second-order valence-electron chi connectivity index (χ2n) is 12.6. The van der Waals surface area contributed by atoms with Gasteiger partial charge in [-0.2, -0.15) is 0 Å². The Balaban J connectivity index is 1.21. The lowest BCUT2D eigenvalue weighted by atomic mass is 9.98.